The molecule has 0 bridgehead atoms. The zero-order chi connectivity index (χ0) is 11.5. The van der Waals surface area contributed by atoms with Crippen molar-refractivity contribution >= 4 is 17.4 Å². The Morgan fingerprint density at radius 3 is 2.47 bits per heavy atom. The first-order chi connectivity index (χ1) is 6.91. The molecule has 0 aliphatic carbocycles. The SMILES string of the molecule is CC(CNc1nccnc1Cl)C(C)(C)C. The Hall–Kier alpha value is -0.830. The molecule has 1 unspecified atom stereocenters. The maximum Gasteiger partial charge on any atom is 0.171 e. The number of rotatable bonds is 3. The third kappa shape index (κ3) is 3.67. The van der Waals surface area contributed by atoms with E-state index in [-0.39, 0.29) is 5.41 Å². The highest BCUT2D eigenvalue weighted by Crippen LogP contribution is 2.25. The lowest BCUT2D eigenvalue weighted by Gasteiger charge is -2.27. The van der Waals surface area contributed by atoms with Crippen molar-refractivity contribution in [3.63, 3.8) is 0 Å². The van der Waals surface area contributed by atoms with Gasteiger partial charge in [0, 0.05) is 18.9 Å². The van der Waals surface area contributed by atoms with Crippen molar-refractivity contribution in [1.82, 2.24) is 9.97 Å². The summed E-state index contributed by atoms with van der Waals surface area (Å²) in [5.74, 6) is 1.20. The lowest BCUT2D eigenvalue weighted by molar-refractivity contribution is 0.274. The summed E-state index contributed by atoms with van der Waals surface area (Å²) < 4.78 is 0. The van der Waals surface area contributed by atoms with E-state index >= 15 is 0 Å². The summed E-state index contributed by atoms with van der Waals surface area (Å²) in [6.07, 6.45) is 3.22. The molecule has 0 aromatic carbocycles. The maximum absolute atomic E-state index is 5.89. The Morgan fingerprint density at radius 1 is 1.33 bits per heavy atom. The second kappa shape index (κ2) is 4.79. The molecule has 4 heteroatoms. The topological polar surface area (TPSA) is 37.8 Å². The van der Waals surface area contributed by atoms with Crippen LogP contribution in [0.2, 0.25) is 5.15 Å². The molecule has 0 amide bonds. The minimum atomic E-state index is 0.279. The van der Waals surface area contributed by atoms with E-state index in [9.17, 15) is 0 Å². The van der Waals surface area contributed by atoms with Crippen LogP contribution in [0.1, 0.15) is 27.7 Å². The molecule has 15 heavy (non-hydrogen) atoms. The fraction of sp³-hybridized carbons (Fsp3) is 0.636. The number of hydrogen-bond acceptors (Lipinski definition) is 3. The zero-order valence-electron chi connectivity index (χ0n) is 9.71. The summed E-state index contributed by atoms with van der Waals surface area (Å²) in [6, 6.07) is 0. The van der Waals surface area contributed by atoms with E-state index in [2.05, 4.69) is 43.0 Å². The lowest BCUT2D eigenvalue weighted by Crippen LogP contribution is -2.25. The van der Waals surface area contributed by atoms with Gasteiger partial charge in [0.25, 0.3) is 0 Å². The van der Waals surface area contributed by atoms with Gasteiger partial charge in [0.1, 0.15) is 0 Å². The van der Waals surface area contributed by atoms with Crippen molar-refractivity contribution < 1.29 is 0 Å². The molecule has 1 aromatic heterocycles. The van der Waals surface area contributed by atoms with Gasteiger partial charge in [-0.1, -0.05) is 39.3 Å². The van der Waals surface area contributed by atoms with Crippen molar-refractivity contribution in [3.8, 4) is 0 Å². The molecule has 84 valence electrons. The Morgan fingerprint density at radius 2 is 1.93 bits per heavy atom. The standard InChI is InChI=1S/C11H18ClN3/c1-8(11(2,3)4)7-15-10-9(12)13-5-6-14-10/h5-6,8H,7H2,1-4H3,(H,14,15). The Balaban J connectivity index is 2.55. The molecule has 0 aliphatic rings. The van der Waals surface area contributed by atoms with Crippen LogP contribution < -0.4 is 5.32 Å². The van der Waals surface area contributed by atoms with Gasteiger partial charge in [0.15, 0.2) is 11.0 Å². The third-order valence-electron chi connectivity index (χ3n) is 2.71. The first-order valence-corrected chi connectivity index (χ1v) is 5.49. The number of halogens is 1. The highest BCUT2D eigenvalue weighted by molar-refractivity contribution is 6.31. The molecule has 0 radical (unpaired) electrons. The minimum absolute atomic E-state index is 0.279. The van der Waals surface area contributed by atoms with Crippen LogP contribution in [0.4, 0.5) is 5.82 Å². The number of nitrogens with zero attached hydrogens (tertiary/aromatic N) is 2. The highest BCUT2D eigenvalue weighted by atomic mass is 35.5. The number of hydrogen-bond donors (Lipinski definition) is 1. The largest absolute Gasteiger partial charge is 0.367 e. The molecule has 0 spiro atoms. The van der Waals surface area contributed by atoms with E-state index in [1.165, 1.54) is 0 Å². The van der Waals surface area contributed by atoms with Gasteiger partial charge >= 0.3 is 0 Å². The molecule has 3 nitrogen and oxygen atoms in total. The van der Waals surface area contributed by atoms with Crippen LogP contribution in [0.25, 0.3) is 0 Å². The van der Waals surface area contributed by atoms with Gasteiger partial charge in [0.2, 0.25) is 0 Å². The van der Waals surface area contributed by atoms with Crippen LogP contribution in [0.15, 0.2) is 12.4 Å². The Kier molecular flexibility index (Phi) is 3.91. The molecule has 0 saturated heterocycles. The van der Waals surface area contributed by atoms with Crippen molar-refractivity contribution in [2.45, 2.75) is 27.7 Å². The smallest absolute Gasteiger partial charge is 0.171 e. The molecule has 0 saturated carbocycles. The van der Waals surface area contributed by atoms with Gasteiger partial charge < -0.3 is 5.32 Å². The summed E-state index contributed by atoms with van der Waals surface area (Å²) in [6.45, 7) is 9.71. The predicted molar refractivity (Wildman–Crippen MR) is 64.2 cm³/mol. The van der Waals surface area contributed by atoms with E-state index in [0.29, 0.717) is 16.9 Å². The molecular formula is C11H18ClN3. The van der Waals surface area contributed by atoms with E-state index in [0.717, 1.165) is 6.54 Å². The van der Waals surface area contributed by atoms with Crippen LogP contribution in [0.5, 0.6) is 0 Å². The van der Waals surface area contributed by atoms with Crippen LogP contribution in [-0.2, 0) is 0 Å². The molecular weight excluding hydrogens is 210 g/mol. The molecule has 1 heterocycles. The molecule has 1 rings (SSSR count). The Labute approximate surface area is 96.3 Å². The summed E-state index contributed by atoms with van der Waals surface area (Å²) in [5.41, 5.74) is 0.279. The summed E-state index contributed by atoms with van der Waals surface area (Å²) in [4.78, 5) is 8.09. The Bertz CT molecular complexity index is 320. The molecule has 1 atom stereocenters. The summed E-state index contributed by atoms with van der Waals surface area (Å²) in [7, 11) is 0. The van der Waals surface area contributed by atoms with Crippen LogP contribution in [-0.4, -0.2) is 16.5 Å². The van der Waals surface area contributed by atoms with Crippen LogP contribution >= 0.6 is 11.6 Å². The van der Waals surface area contributed by atoms with E-state index in [1.54, 1.807) is 12.4 Å². The second-order valence-corrected chi connectivity index (χ2v) is 5.20. The van der Waals surface area contributed by atoms with Crippen LogP contribution in [0, 0.1) is 11.3 Å². The fourth-order valence-corrected chi connectivity index (χ4v) is 1.17. The second-order valence-electron chi connectivity index (χ2n) is 4.84. The van der Waals surface area contributed by atoms with E-state index < -0.39 is 0 Å². The zero-order valence-corrected chi connectivity index (χ0v) is 10.5. The fourth-order valence-electron chi connectivity index (χ4n) is 0.996. The summed E-state index contributed by atoms with van der Waals surface area (Å²) >= 11 is 5.89. The van der Waals surface area contributed by atoms with Gasteiger partial charge in [0.05, 0.1) is 0 Å². The van der Waals surface area contributed by atoms with Gasteiger partial charge in [-0.3, -0.25) is 0 Å². The predicted octanol–water partition coefficient (Wildman–Crippen LogP) is 3.22. The van der Waals surface area contributed by atoms with E-state index in [4.69, 9.17) is 11.6 Å². The summed E-state index contributed by atoms with van der Waals surface area (Å²) in [5, 5.41) is 3.64. The van der Waals surface area contributed by atoms with Gasteiger partial charge in [-0.25, -0.2) is 9.97 Å². The van der Waals surface area contributed by atoms with Crippen molar-refractivity contribution in [1.29, 1.82) is 0 Å². The van der Waals surface area contributed by atoms with Gasteiger partial charge in [-0.15, -0.1) is 0 Å². The monoisotopic (exact) mass is 227 g/mol. The normalized spacial score (nSPS) is 13.7. The minimum Gasteiger partial charge on any atom is -0.367 e. The van der Waals surface area contributed by atoms with Crippen LogP contribution in [0.3, 0.4) is 0 Å². The lowest BCUT2D eigenvalue weighted by atomic mass is 9.82. The first kappa shape index (κ1) is 12.2. The van der Waals surface area contributed by atoms with Crippen molar-refractivity contribution in [2.24, 2.45) is 11.3 Å². The third-order valence-corrected chi connectivity index (χ3v) is 2.98. The van der Waals surface area contributed by atoms with Crippen molar-refractivity contribution in [2.75, 3.05) is 11.9 Å². The highest BCUT2D eigenvalue weighted by Gasteiger charge is 2.19. The average molecular weight is 228 g/mol. The maximum atomic E-state index is 5.89. The molecule has 0 aliphatic heterocycles. The van der Waals surface area contributed by atoms with Gasteiger partial charge in [-0.2, -0.15) is 0 Å². The quantitative estimate of drug-likeness (QED) is 0.862. The number of anilines is 1. The number of nitrogens with one attached hydrogen (secondary N) is 1. The van der Waals surface area contributed by atoms with Gasteiger partial charge in [-0.05, 0) is 11.3 Å². The average Bonchev–Trinajstić information content (AvgIpc) is 2.14. The first-order valence-electron chi connectivity index (χ1n) is 5.11. The number of aromatic nitrogens is 2. The van der Waals surface area contributed by atoms with E-state index in [1.807, 2.05) is 0 Å². The molecule has 0 fully saturated rings. The molecule has 1 N–H and O–H groups in total. The van der Waals surface area contributed by atoms with Crippen molar-refractivity contribution in [3.05, 3.63) is 17.5 Å². The molecule has 1 aromatic rings.